The molecule has 4 aromatic rings. The number of rotatable bonds is 4. The van der Waals surface area contributed by atoms with Gasteiger partial charge in [-0.05, 0) is 35.9 Å². The number of thiophene rings is 1. The minimum absolute atomic E-state index is 0.142. The SMILES string of the molecule is O=C(c1n[nH]c(=O)c2ccccc12)N1CCN(Cc2ccc(-c3cccc(Cl)c3)s2)CC1. The minimum Gasteiger partial charge on any atom is -0.335 e. The van der Waals surface area contributed by atoms with Crippen molar-refractivity contribution >= 4 is 39.6 Å². The van der Waals surface area contributed by atoms with Crippen molar-refractivity contribution in [3.05, 3.63) is 86.6 Å². The molecule has 0 aliphatic carbocycles. The molecular formula is C24H21ClN4O2S. The molecule has 32 heavy (non-hydrogen) atoms. The van der Waals surface area contributed by atoms with Crippen molar-refractivity contribution in [1.29, 1.82) is 0 Å². The summed E-state index contributed by atoms with van der Waals surface area (Å²) in [5.41, 5.74) is 1.15. The molecule has 0 unspecified atom stereocenters. The van der Waals surface area contributed by atoms with Gasteiger partial charge in [-0.3, -0.25) is 14.5 Å². The quantitative estimate of drug-likeness (QED) is 0.490. The number of aromatic nitrogens is 2. The fourth-order valence-corrected chi connectivity index (χ4v) is 5.25. The molecule has 0 bridgehead atoms. The summed E-state index contributed by atoms with van der Waals surface area (Å²) in [7, 11) is 0. The van der Waals surface area contributed by atoms with E-state index in [1.54, 1.807) is 29.5 Å². The molecule has 1 aliphatic rings. The number of nitrogens with zero attached hydrogens (tertiary/aromatic N) is 3. The monoisotopic (exact) mass is 464 g/mol. The first kappa shape index (κ1) is 20.9. The fraction of sp³-hybridized carbons (Fsp3) is 0.208. The van der Waals surface area contributed by atoms with Crippen molar-refractivity contribution in [2.45, 2.75) is 6.54 Å². The van der Waals surface area contributed by atoms with Crippen LogP contribution in [0.25, 0.3) is 21.2 Å². The average Bonchev–Trinajstić information content (AvgIpc) is 3.28. The van der Waals surface area contributed by atoms with Gasteiger partial charge in [0.2, 0.25) is 0 Å². The van der Waals surface area contributed by atoms with Gasteiger partial charge < -0.3 is 4.90 Å². The van der Waals surface area contributed by atoms with Gasteiger partial charge in [-0.25, -0.2) is 5.10 Å². The van der Waals surface area contributed by atoms with E-state index in [-0.39, 0.29) is 11.5 Å². The number of carbonyl (C=O) groups excluding carboxylic acids is 1. The lowest BCUT2D eigenvalue weighted by Gasteiger charge is -2.34. The van der Waals surface area contributed by atoms with Crippen LogP contribution >= 0.6 is 22.9 Å². The van der Waals surface area contributed by atoms with Gasteiger partial charge in [-0.15, -0.1) is 11.3 Å². The van der Waals surface area contributed by atoms with Gasteiger partial charge in [0, 0.05) is 52.9 Å². The number of amides is 1. The summed E-state index contributed by atoms with van der Waals surface area (Å²) >= 11 is 7.89. The Hall–Kier alpha value is -3.00. The van der Waals surface area contributed by atoms with Crippen LogP contribution < -0.4 is 5.56 Å². The highest BCUT2D eigenvalue weighted by Crippen LogP contribution is 2.30. The number of fused-ring (bicyclic) bond motifs is 1. The molecule has 3 heterocycles. The number of H-pyrrole nitrogens is 1. The lowest BCUT2D eigenvalue weighted by atomic mass is 10.1. The molecule has 0 saturated carbocycles. The van der Waals surface area contributed by atoms with Gasteiger partial charge in [0.1, 0.15) is 0 Å². The molecule has 0 radical (unpaired) electrons. The predicted octanol–water partition coefficient (Wildman–Crippen LogP) is 4.26. The van der Waals surface area contributed by atoms with Gasteiger partial charge in [0.15, 0.2) is 5.69 Å². The van der Waals surface area contributed by atoms with Gasteiger partial charge in [0.05, 0.1) is 5.39 Å². The van der Waals surface area contributed by atoms with Crippen molar-refractivity contribution < 1.29 is 4.79 Å². The van der Waals surface area contributed by atoms with Crippen molar-refractivity contribution in [1.82, 2.24) is 20.0 Å². The minimum atomic E-state index is -0.282. The van der Waals surface area contributed by atoms with Crippen LogP contribution in [0, 0.1) is 0 Å². The van der Waals surface area contributed by atoms with E-state index in [1.807, 2.05) is 29.2 Å². The summed E-state index contributed by atoms with van der Waals surface area (Å²) in [5, 5.41) is 8.33. The summed E-state index contributed by atoms with van der Waals surface area (Å²) in [6, 6.07) is 19.3. The Morgan fingerprint density at radius 1 is 1.00 bits per heavy atom. The van der Waals surface area contributed by atoms with E-state index in [2.05, 4.69) is 33.3 Å². The first-order chi connectivity index (χ1) is 15.6. The van der Waals surface area contributed by atoms with E-state index < -0.39 is 0 Å². The highest BCUT2D eigenvalue weighted by molar-refractivity contribution is 7.15. The molecule has 6 nitrogen and oxygen atoms in total. The van der Waals surface area contributed by atoms with Crippen molar-refractivity contribution in [2.24, 2.45) is 0 Å². The van der Waals surface area contributed by atoms with Crippen LogP contribution in [0.1, 0.15) is 15.4 Å². The van der Waals surface area contributed by atoms with E-state index in [9.17, 15) is 9.59 Å². The molecule has 2 aromatic carbocycles. The van der Waals surface area contributed by atoms with E-state index in [4.69, 9.17) is 11.6 Å². The molecule has 5 rings (SSSR count). The fourth-order valence-electron chi connectivity index (χ4n) is 4.02. The van der Waals surface area contributed by atoms with Crippen LogP contribution in [0.15, 0.2) is 65.5 Å². The third kappa shape index (κ3) is 4.19. The smallest absolute Gasteiger partial charge is 0.275 e. The standard InChI is InChI=1S/C24H21ClN4O2S/c25-17-5-3-4-16(14-17)21-9-8-18(32-21)15-28-10-12-29(13-11-28)24(31)22-19-6-1-2-7-20(19)23(30)27-26-22/h1-9,14H,10-13,15H2,(H,27,30). The average molecular weight is 465 g/mol. The second kappa shape index (κ2) is 8.86. The molecule has 1 amide bonds. The number of hydrogen-bond acceptors (Lipinski definition) is 5. The third-order valence-electron chi connectivity index (χ3n) is 5.71. The molecule has 0 spiro atoms. The summed E-state index contributed by atoms with van der Waals surface area (Å²) < 4.78 is 0. The van der Waals surface area contributed by atoms with Gasteiger partial charge in [0.25, 0.3) is 11.5 Å². The normalized spacial score (nSPS) is 14.7. The lowest BCUT2D eigenvalue weighted by molar-refractivity contribution is 0.0625. The summed E-state index contributed by atoms with van der Waals surface area (Å²) in [4.78, 5) is 31.8. The van der Waals surface area contributed by atoms with E-state index in [0.717, 1.165) is 30.2 Å². The maximum atomic E-state index is 13.1. The van der Waals surface area contributed by atoms with E-state index in [1.165, 1.54) is 9.75 Å². The Kier molecular flexibility index (Phi) is 5.78. The van der Waals surface area contributed by atoms with E-state index >= 15 is 0 Å². The summed E-state index contributed by atoms with van der Waals surface area (Å²) in [6.07, 6.45) is 0. The van der Waals surface area contributed by atoms with Crippen LogP contribution in [0.2, 0.25) is 5.02 Å². The largest absolute Gasteiger partial charge is 0.335 e. The molecule has 0 atom stereocenters. The Morgan fingerprint density at radius 3 is 2.56 bits per heavy atom. The zero-order valence-corrected chi connectivity index (χ0v) is 18.8. The zero-order chi connectivity index (χ0) is 22.1. The number of nitrogens with one attached hydrogen (secondary N) is 1. The molecule has 1 N–H and O–H groups in total. The summed E-state index contributed by atoms with van der Waals surface area (Å²) in [6.45, 7) is 3.68. The van der Waals surface area contributed by atoms with Crippen molar-refractivity contribution in [3.8, 4) is 10.4 Å². The highest BCUT2D eigenvalue weighted by atomic mass is 35.5. The molecule has 1 fully saturated rings. The van der Waals surface area contributed by atoms with Crippen LogP contribution in [-0.4, -0.2) is 52.1 Å². The lowest BCUT2D eigenvalue weighted by Crippen LogP contribution is -2.48. The summed E-state index contributed by atoms with van der Waals surface area (Å²) in [5.74, 6) is -0.142. The Bertz CT molecular complexity index is 1340. The van der Waals surface area contributed by atoms with Crippen LogP contribution in [0.5, 0.6) is 0 Å². The predicted molar refractivity (Wildman–Crippen MR) is 128 cm³/mol. The van der Waals surface area contributed by atoms with Crippen molar-refractivity contribution in [2.75, 3.05) is 26.2 Å². The molecular weight excluding hydrogens is 444 g/mol. The number of hydrogen-bond donors (Lipinski definition) is 1. The van der Waals surface area contributed by atoms with Crippen molar-refractivity contribution in [3.63, 3.8) is 0 Å². The number of carbonyl (C=O) groups is 1. The van der Waals surface area contributed by atoms with E-state index in [0.29, 0.717) is 29.6 Å². The first-order valence-corrected chi connectivity index (χ1v) is 11.6. The van der Waals surface area contributed by atoms with Gasteiger partial charge in [-0.1, -0.05) is 41.9 Å². The van der Waals surface area contributed by atoms with Crippen LogP contribution in [0.3, 0.4) is 0 Å². The molecule has 2 aromatic heterocycles. The Balaban J connectivity index is 1.24. The number of piperazine rings is 1. The molecule has 1 saturated heterocycles. The van der Waals surface area contributed by atoms with Gasteiger partial charge in [-0.2, -0.15) is 5.10 Å². The number of halogens is 1. The maximum absolute atomic E-state index is 13.1. The second-order valence-electron chi connectivity index (χ2n) is 7.79. The highest BCUT2D eigenvalue weighted by Gasteiger charge is 2.25. The molecule has 8 heteroatoms. The topological polar surface area (TPSA) is 69.3 Å². The Labute approximate surface area is 194 Å². The Morgan fingerprint density at radius 2 is 1.78 bits per heavy atom. The zero-order valence-electron chi connectivity index (χ0n) is 17.3. The third-order valence-corrected chi connectivity index (χ3v) is 7.06. The molecule has 162 valence electrons. The maximum Gasteiger partial charge on any atom is 0.275 e. The molecule has 1 aliphatic heterocycles. The van der Waals surface area contributed by atoms with Gasteiger partial charge >= 0.3 is 0 Å². The number of aromatic amines is 1. The van der Waals surface area contributed by atoms with Crippen LogP contribution in [0.4, 0.5) is 0 Å². The second-order valence-corrected chi connectivity index (χ2v) is 9.40. The first-order valence-electron chi connectivity index (χ1n) is 10.4. The number of benzene rings is 2. The van der Waals surface area contributed by atoms with Crippen LogP contribution in [-0.2, 0) is 6.54 Å².